The van der Waals surface area contributed by atoms with E-state index in [0.717, 1.165) is 4.57 Å². The van der Waals surface area contributed by atoms with Gasteiger partial charge in [0.2, 0.25) is 0 Å². The maximum atomic E-state index is 12.9. The summed E-state index contributed by atoms with van der Waals surface area (Å²) in [7, 11) is -1.73. The van der Waals surface area contributed by atoms with Crippen molar-refractivity contribution in [3.8, 4) is 0 Å². The molecule has 2 unspecified atom stereocenters. The van der Waals surface area contributed by atoms with Crippen LogP contribution >= 0.6 is 7.60 Å². The van der Waals surface area contributed by atoms with Crippen LogP contribution in [0.25, 0.3) is 0 Å². The summed E-state index contributed by atoms with van der Waals surface area (Å²) < 4.78 is 26.3. The van der Waals surface area contributed by atoms with Gasteiger partial charge in [-0.15, -0.1) is 0 Å². The minimum atomic E-state index is -4.48. The Morgan fingerprint density at radius 2 is 1.69 bits per heavy atom. The molecular formula is C20H35N2O9P. The highest BCUT2D eigenvalue weighted by atomic mass is 31.2. The van der Waals surface area contributed by atoms with Gasteiger partial charge in [-0.2, -0.15) is 0 Å². The van der Waals surface area contributed by atoms with Crippen LogP contribution in [0.5, 0.6) is 0 Å². The molecule has 11 nitrogen and oxygen atoms in total. The average Bonchev–Trinajstić information content (AvgIpc) is 3.01. The van der Waals surface area contributed by atoms with Crippen LogP contribution in [0.15, 0.2) is 15.8 Å². The van der Waals surface area contributed by atoms with Crippen molar-refractivity contribution >= 4 is 7.60 Å². The lowest BCUT2D eigenvalue weighted by molar-refractivity contribution is -0.0546. The molecule has 1 aliphatic heterocycles. The third-order valence-electron chi connectivity index (χ3n) is 6.53. The summed E-state index contributed by atoms with van der Waals surface area (Å²) in [5.74, 6) is 0. The number of ether oxygens (including phenoxy) is 1. The predicted molar refractivity (Wildman–Crippen MR) is 116 cm³/mol. The van der Waals surface area contributed by atoms with Gasteiger partial charge >= 0.3 is 13.3 Å². The molecule has 0 radical (unpaired) electrons. The van der Waals surface area contributed by atoms with Gasteiger partial charge in [0.05, 0.1) is 17.3 Å². The molecule has 0 aliphatic carbocycles. The predicted octanol–water partition coefficient (Wildman–Crippen LogP) is 0.515. The van der Waals surface area contributed by atoms with E-state index in [1.54, 1.807) is 27.7 Å². The fourth-order valence-electron chi connectivity index (χ4n) is 3.91. The Kier molecular flexibility index (Phi) is 7.99. The number of aliphatic hydroxyl groups excluding tert-OH is 2. The lowest BCUT2D eigenvalue weighted by atomic mass is 9.92. The molecule has 2 rings (SSSR count). The highest BCUT2D eigenvalue weighted by Gasteiger charge is 2.51. The molecule has 6 atom stereocenters. The molecule has 184 valence electrons. The molecule has 12 heteroatoms. The molecule has 1 fully saturated rings. The molecule has 1 saturated heterocycles. The number of hydrogen-bond donors (Lipinski definition) is 4. The van der Waals surface area contributed by atoms with E-state index >= 15 is 0 Å². The number of hydrogen-bond acceptors (Lipinski definition) is 8. The highest BCUT2D eigenvalue weighted by Crippen LogP contribution is 2.60. The smallest absolute Gasteiger partial charge is 0.359 e. The van der Waals surface area contributed by atoms with E-state index in [2.05, 4.69) is 0 Å². The van der Waals surface area contributed by atoms with Crippen molar-refractivity contribution in [1.82, 2.24) is 9.13 Å². The zero-order valence-corrected chi connectivity index (χ0v) is 20.3. The van der Waals surface area contributed by atoms with Crippen LogP contribution in [0.1, 0.15) is 65.0 Å². The normalized spacial score (nSPS) is 27.8. The van der Waals surface area contributed by atoms with Gasteiger partial charge in [-0.1, -0.05) is 20.8 Å². The summed E-state index contributed by atoms with van der Waals surface area (Å²) in [6, 6.07) is 0. The van der Waals surface area contributed by atoms with E-state index in [1.807, 2.05) is 0 Å². The first kappa shape index (κ1) is 26.9. The van der Waals surface area contributed by atoms with E-state index < -0.39 is 54.2 Å². The molecule has 1 aliphatic rings. The molecule has 0 aromatic carbocycles. The summed E-state index contributed by atoms with van der Waals surface area (Å²) in [5.41, 5.74) is -2.48. The minimum Gasteiger partial charge on any atom is -0.388 e. The zero-order valence-electron chi connectivity index (χ0n) is 19.4. The number of nitrogens with zero attached hydrogens (tertiary/aromatic N) is 2. The third-order valence-corrected chi connectivity index (χ3v) is 8.90. The Morgan fingerprint density at radius 3 is 2.19 bits per heavy atom. The maximum absolute atomic E-state index is 12.9. The van der Waals surface area contributed by atoms with Gasteiger partial charge < -0.3 is 34.0 Å². The van der Waals surface area contributed by atoms with Crippen LogP contribution in [0.3, 0.4) is 0 Å². The lowest BCUT2D eigenvalue weighted by Crippen LogP contribution is -2.41. The van der Waals surface area contributed by atoms with E-state index in [0.29, 0.717) is 0 Å². The van der Waals surface area contributed by atoms with Gasteiger partial charge in [-0.25, -0.2) is 4.79 Å². The first-order valence-electron chi connectivity index (χ1n) is 10.7. The van der Waals surface area contributed by atoms with Crippen molar-refractivity contribution in [3.05, 3.63) is 32.6 Å². The monoisotopic (exact) mass is 478 g/mol. The van der Waals surface area contributed by atoms with Crippen molar-refractivity contribution in [2.24, 2.45) is 14.1 Å². The number of aryl methyl sites for hydroxylation is 1. The molecular weight excluding hydrogens is 443 g/mol. The van der Waals surface area contributed by atoms with E-state index in [9.17, 15) is 34.4 Å². The Morgan fingerprint density at radius 1 is 1.12 bits per heavy atom. The molecule has 4 N–H and O–H groups in total. The fourth-order valence-corrected chi connectivity index (χ4v) is 5.68. The first-order chi connectivity index (χ1) is 14.7. The molecule has 0 amide bonds. The Hall–Kier alpha value is -1.33. The first-order valence-corrected chi connectivity index (χ1v) is 12.3. The van der Waals surface area contributed by atoms with Gasteiger partial charge in [0.15, 0.2) is 5.34 Å². The number of aliphatic hydroxyl groups is 3. The second-order valence-electron chi connectivity index (χ2n) is 8.73. The summed E-state index contributed by atoms with van der Waals surface area (Å²) in [4.78, 5) is 35.0. The van der Waals surface area contributed by atoms with E-state index in [1.165, 1.54) is 24.9 Å². The second-order valence-corrected chi connectivity index (χ2v) is 10.8. The lowest BCUT2D eigenvalue weighted by Gasteiger charge is -2.38. The standard InChI is InChI=1S/C20H35N2O9P/c1-7-19(4,31-32(28,29)20(27,8-2)9-3)10-13-14(23)15(24)16(30-13)12-11-21(5)18(26)22(6)17(12)25/h11,13-16,23-24,27H,7-10H2,1-6H3,(H,28,29)/t13-,14-,15-,16+,19?/m1/s1. The largest absolute Gasteiger partial charge is 0.388 e. The quantitative estimate of drug-likeness (QED) is 0.371. The van der Waals surface area contributed by atoms with Crippen LogP contribution in [0.4, 0.5) is 0 Å². The molecule has 0 spiro atoms. The Balaban J connectivity index is 2.32. The van der Waals surface area contributed by atoms with E-state index in [4.69, 9.17) is 9.26 Å². The Bertz CT molecular complexity index is 986. The SMILES string of the molecule is CCC(C)(C[C@H]1O[C@@H](c2cn(C)c(=O)n(C)c2=O)[C@H](O)[C@@H]1O)OP(=O)(O)C(O)(CC)CC. The third kappa shape index (κ3) is 4.79. The number of aromatic nitrogens is 2. The van der Waals surface area contributed by atoms with Crippen molar-refractivity contribution in [2.45, 2.75) is 88.7 Å². The van der Waals surface area contributed by atoms with Gasteiger partial charge in [-0.05, 0) is 26.2 Å². The molecule has 1 aromatic rings. The number of rotatable bonds is 9. The summed E-state index contributed by atoms with van der Waals surface area (Å²) >= 11 is 0. The van der Waals surface area contributed by atoms with Crippen molar-refractivity contribution in [3.63, 3.8) is 0 Å². The molecule has 2 heterocycles. The minimum absolute atomic E-state index is 0.00180. The van der Waals surface area contributed by atoms with Gasteiger partial charge in [-0.3, -0.25) is 13.9 Å². The summed E-state index contributed by atoms with van der Waals surface area (Å²) in [5, 5.41) is 29.8. The summed E-state index contributed by atoms with van der Waals surface area (Å²) in [6.07, 6.45) is -3.67. The molecule has 32 heavy (non-hydrogen) atoms. The molecule has 1 aromatic heterocycles. The molecule has 0 bridgehead atoms. The zero-order chi connectivity index (χ0) is 24.6. The average molecular weight is 478 g/mol. The topological polar surface area (TPSA) is 160 Å². The molecule has 0 saturated carbocycles. The van der Waals surface area contributed by atoms with Crippen LogP contribution < -0.4 is 11.2 Å². The van der Waals surface area contributed by atoms with Crippen molar-refractivity contribution in [1.29, 1.82) is 0 Å². The fraction of sp³-hybridized carbons (Fsp3) is 0.800. The van der Waals surface area contributed by atoms with Crippen LogP contribution in [-0.2, 0) is 27.9 Å². The van der Waals surface area contributed by atoms with Crippen LogP contribution in [0, 0.1) is 0 Å². The van der Waals surface area contributed by atoms with Crippen LogP contribution in [0.2, 0.25) is 0 Å². The maximum Gasteiger partial charge on any atom is 0.359 e. The van der Waals surface area contributed by atoms with Gasteiger partial charge in [0.1, 0.15) is 18.3 Å². The van der Waals surface area contributed by atoms with E-state index in [-0.39, 0.29) is 31.2 Å². The Labute approximate surface area is 186 Å². The van der Waals surface area contributed by atoms with Crippen LogP contribution in [-0.4, -0.2) is 58.6 Å². The highest BCUT2D eigenvalue weighted by molar-refractivity contribution is 7.54. The second kappa shape index (κ2) is 9.50. The van der Waals surface area contributed by atoms with Crippen molar-refractivity contribution < 1.29 is 34.0 Å². The van der Waals surface area contributed by atoms with Gasteiger partial charge in [0.25, 0.3) is 5.56 Å². The van der Waals surface area contributed by atoms with Crippen molar-refractivity contribution in [2.75, 3.05) is 0 Å². The van der Waals surface area contributed by atoms with Gasteiger partial charge in [0, 0.05) is 26.7 Å². The summed E-state index contributed by atoms with van der Waals surface area (Å²) in [6.45, 7) is 6.44.